The molecular formula is C16H25N7O5S. The maximum Gasteiger partial charge on any atom is 0.421 e. The van der Waals surface area contributed by atoms with Crippen LogP contribution in [0, 0.1) is 6.92 Å². The van der Waals surface area contributed by atoms with Gasteiger partial charge in [-0.2, -0.15) is 12.7 Å². The first kappa shape index (κ1) is 21.2. The molecule has 1 aromatic heterocycles. The van der Waals surface area contributed by atoms with Gasteiger partial charge in [-0.1, -0.05) is 0 Å². The molecule has 2 fully saturated rings. The number of ether oxygens (including phenoxy) is 1. The molecular weight excluding hydrogens is 402 g/mol. The summed E-state index contributed by atoms with van der Waals surface area (Å²) in [6.07, 6.45) is 3.88. The Morgan fingerprint density at radius 2 is 1.97 bits per heavy atom. The summed E-state index contributed by atoms with van der Waals surface area (Å²) in [5, 5.41) is 5.82. The molecule has 12 nitrogen and oxygen atoms in total. The van der Waals surface area contributed by atoms with Crippen molar-refractivity contribution in [3.05, 3.63) is 18.1 Å². The number of amides is 3. The first-order valence-corrected chi connectivity index (χ1v) is 10.8. The van der Waals surface area contributed by atoms with Gasteiger partial charge >= 0.3 is 22.3 Å². The second kappa shape index (κ2) is 9.33. The number of carbonyl (C=O) groups excluding carboxylic acids is 2. The Balaban J connectivity index is 1.45. The van der Waals surface area contributed by atoms with E-state index in [4.69, 9.17) is 4.74 Å². The number of hydrogen-bond donors (Lipinski definition) is 3. The van der Waals surface area contributed by atoms with Crippen LogP contribution >= 0.6 is 0 Å². The van der Waals surface area contributed by atoms with E-state index in [1.54, 1.807) is 6.92 Å². The zero-order chi connectivity index (χ0) is 20.9. The molecule has 3 N–H and O–H groups in total. The van der Waals surface area contributed by atoms with Crippen LogP contribution in [0.3, 0.4) is 0 Å². The minimum absolute atomic E-state index is 0.0552. The van der Waals surface area contributed by atoms with E-state index in [0.29, 0.717) is 11.5 Å². The van der Waals surface area contributed by atoms with Crippen molar-refractivity contribution in [2.24, 2.45) is 0 Å². The molecule has 0 bridgehead atoms. The molecule has 1 aromatic rings. The molecule has 29 heavy (non-hydrogen) atoms. The van der Waals surface area contributed by atoms with Crippen molar-refractivity contribution in [3.63, 3.8) is 0 Å². The third kappa shape index (κ3) is 5.74. The number of carbonyl (C=O) groups is 2. The predicted molar refractivity (Wildman–Crippen MR) is 103 cm³/mol. The molecule has 0 spiro atoms. The lowest BCUT2D eigenvalue weighted by Crippen LogP contribution is -2.55. The quantitative estimate of drug-likeness (QED) is 0.578. The van der Waals surface area contributed by atoms with Crippen LogP contribution in [0.25, 0.3) is 0 Å². The van der Waals surface area contributed by atoms with Crippen LogP contribution in [0.1, 0.15) is 18.5 Å². The third-order valence-electron chi connectivity index (χ3n) is 4.76. The number of aromatic nitrogens is 2. The van der Waals surface area contributed by atoms with Gasteiger partial charge in [-0.05, 0) is 26.3 Å². The second-order valence-corrected chi connectivity index (χ2v) is 8.48. The molecule has 3 rings (SSSR count). The molecule has 0 aromatic carbocycles. The number of piperazine rings is 1. The number of anilines is 1. The van der Waals surface area contributed by atoms with Gasteiger partial charge in [-0.25, -0.2) is 19.3 Å². The molecule has 3 amide bonds. The van der Waals surface area contributed by atoms with Crippen LogP contribution in [0.2, 0.25) is 0 Å². The molecule has 0 radical (unpaired) electrons. The van der Waals surface area contributed by atoms with Gasteiger partial charge in [0.1, 0.15) is 6.61 Å². The SMILES string of the molecule is Cc1nccnc1NC(=O)N1CCN(S(=O)(=O)NC(=O)OCC2CCCN2)CC1. The van der Waals surface area contributed by atoms with E-state index in [-0.39, 0.29) is 44.9 Å². The van der Waals surface area contributed by atoms with Gasteiger partial charge in [0.15, 0.2) is 5.82 Å². The maximum atomic E-state index is 12.4. The van der Waals surface area contributed by atoms with E-state index >= 15 is 0 Å². The third-order valence-corrected chi connectivity index (χ3v) is 6.23. The van der Waals surface area contributed by atoms with Gasteiger partial charge in [0.05, 0.1) is 5.69 Å². The lowest BCUT2D eigenvalue weighted by atomic mass is 10.2. The summed E-state index contributed by atoms with van der Waals surface area (Å²) in [4.78, 5) is 33.7. The fourth-order valence-electron chi connectivity index (χ4n) is 3.12. The Kier molecular flexibility index (Phi) is 6.82. The maximum absolute atomic E-state index is 12.4. The minimum atomic E-state index is -4.04. The molecule has 2 aliphatic heterocycles. The number of hydrogen-bond acceptors (Lipinski definition) is 8. The van der Waals surface area contributed by atoms with Gasteiger partial charge < -0.3 is 15.0 Å². The van der Waals surface area contributed by atoms with Gasteiger partial charge in [0.2, 0.25) is 0 Å². The smallest absolute Gasteiger partial charge is 0.421 e. The number of nitrogens with zero attached hydrogens (tertiary/aromatic N) is 4. The van der Waals surface area contributed by atoms with Gasteiger partial charge in [-0.15, -0.1) is 0 Å². The second-order valence-electron chi connectivity index (χ2n) is 6.81. The van der Waals surface area contributed by atoms with Crippen LogP contribution in [0.4, 0.5) is 15.4 Å². The highest BCUT2D eigenvalue weighted by atomic mass is 32.2. The Morgan fingerprint density at radius 1 is 1.24 bits per heavy atom. The fourth-order valence-corrected chi connectivity index (χ4v) is 4.16. The van der Waals surface area contributed by atoms with Crippen molar-refractivity contribution < 1.29 is 22.7 Å². The zero-order valence-corrected chi connectivity index (χ0v) is 16.9. The highest BCUT2D eigenvalue weighted by Gasteiger charge is 2.31. The summed E-state index contributed by atoms with van der Waals surface area (Å²) in [5.74, 6) is 0.355. The van der Waals surface area contributed by atoms with Crippen LogP contribution in [0.5, 0.6) is 0 Å². The summed E-state index contributed by atoms with van der Waals surface area (Å²) in [6, 6.07) is -0.328. The number of aryl methyl sites for hydroxylation is 1. The molecule has 13 heteroatoms. The summed E-state index contributed by atoms with van der Waals surface area (Å²) < 4.78 is 32.7. The fraction of sp³-hybridized carbons (Fsp3) is 0.625. The molecule has 0 aliphatic carbocycles. The monoisotopic (exact) mass is 427 g/mol. The average molecular weight is 427 g/mol. The van der Waals surface area contributed by atoms with Gasteiger partial charge in [0.25, 0.3) is 0 Å². The average Bonchev–Trinajstić information content (AvgIpc) is 3.21. The standard InChI is InChI=1S/C16H25N7O5S/c1-12-14(19-6-5-17-12)20-15(24)22-7-9-23(10-8-22)29(26,27)21-16(25)28-11-13-3-2-4-18-13/h5-6,13,18H,2-4,7-11H2,1H3,(H,21,25)(H,19,20,24). The van der Waals surface area contributed by atoms with E-state index in [2.05, 4.69) is 20.6 Å². The lowest BCUT2D eigenvalue weighted by Gasteiger charge is -2.33. The molecule has 3 heterocycles. The normalized spacial score (nSPS) is 20.3. The predicted octanol–water partition coefficient (Wildman–Crippen LogP) is -0.342. The van der Waals surface area contributed by atoms with Crippen molar-refractivity contribution in [1.29, 1.82) is 0 Å². The van der Waals surface area contributed by atoms with E-state index in [9.17, 15) is 18.0 Å². The topological polar surface area (TPSA) is 146 Å². The first-order valence-electron chi connectivity index (χ1n) is 9.37. The molecule has 0 saturated carbocycles. The van der Waals surface area contributed by atoms with E-state index < -0.39 is 16.3 Å². The van der Waals surface area contributed by atoms with E-state index in [1.807, 2.05) is 4.72 Å². The van der Waals surface area contributed by atoms with E-state index in [1.165, 1.54) is 17.3 Å². The molecule has 2 aliphatic rings. The highest BCUT2D eigenvalue weighted by molar-refractivity contribution is 7.87. The summed E-state index contributed by atoms with van der Waals surface area (Å²) in [6.45, 7) is 3.17. The van der Waals surface area contributed by atoms with Crippen LogP contribution in [0.15, 0.2) is 12.4 Å². The van der Waals surface area contributed by atoms with Crippen molar-refractivity contribution in [2.75, 3.05) is 44.6 Å². The first-order chi connectivity index (χ1) is 13.8. The summed E-state index contributed by atoms with van der Waals surface area (Å²) in [5.41, 5.74) is 0.581. The van der Waals surface area contributed by atoms with Crippen molar-refractivity contribution in [2.45, 2.75) is 25.8 Å². The van der Waals surface area contributed by atoms with Crippen molar-refractivity contribution in [1.82, 2.24) is 29.2 Å². The molecule has 1 unspecified atom stereocenters. The van der Waals surface area contributed by atoms with Gasteiger partial charge in [0, 0.05) is 44.6 Å². The van der Waals surface area contributed by atoms with E-state index in [0.717, 1.165) is 23.7 Å². The Labute approximate surface area is 169 Å². The summed E-state index contributed by atoms with van der Waals surface area (Å²) >= 11 is 0. The number of urea groups is 1. The Hall–Kier alpha value is -2.51. The molecule has 160 valence electrons. The van der Waals surface area contributed by atoms with Crippen LogP contribution in [-0.2, 0) is 14.9 Å². The summed E-state index contributed by atoms with van der Waals surface area (Å²) in [7, 11) is -4.04. The Bertz CT molecular complexity index is 836. The lowest BCUT2D eigenvalue weighted by molar-refractivity contribution is 0.141. The zero-order valence-electron chi connectivity index (χ0n) is 16.1. The Morgan fingerprint density at radius 3 is 2.62 bits per heavy atom. The van der Waals surface area contributed by atoms with Gasteiger partial charge in [-0.3, -0.25) is 10.3 Å². The number of rotatable bonds is 5. The minimum Gasteiger partial charge on any atom is -0.447 e. The largest absolute Gasteiger partial charge is 0.447 e. The molecule has 2 saturated heterocycles. The number of nitrogens with one attached hydrogen (secondary N) is 3. The van der Waals surface area contributed by atoms with Crippen molar-refractivity contribution >= 4 is 28.2 Å². The van der Waals surface area contributed by atoms with Crippen molar-refractivity contribution in [3.8, 4) is 0 Å². The van der Waals surface area contributed by atoms with Crippen LogP contribution < -0.4 is 15.4 Å². The highest BCUT2D eigenvalue weighted by Crippen LogP contribution is 2.11. The molecule has 1 atom stereocenters. The van der Waals surface area contributed by atoms with Crippen LogP contribution in [-0.4, -0.2) is 85.1 Å².